The van der Waals surface area contributed by atoms with Gasteiger partial charge in [0.1, 0.15) is 0 Å². The molecule has 0 bridgehead atoms. The Morgan fingerprint density at radius 1 is 1.28 bits per heavy atom. The van der Waals surface area contributed by atoms with Gasteiger partial charge in [-0.25, -0.2) is 4.79 Å². The molecular weight excluding hydrogens is 318 g/mol. The summed E-state index contributed by atoms with van der Waals surface area (Å²) in [6, 6.07) is 7.59. The van der Waals surface area contributed by atoms with Gasteiger partial charge in [0.2, 0.25) is 5.78 Å². The van der Waals surface area contributed by atoms with Crippen molar-refractivity contribution in [3.05, 3.63) is 53.5 Å². The second-order valence-electron chi connectivity index (χ2n) is 6.17. The van der Waals surface area contributed by atoms with E-state index in [1.54, 1.807) is 23.1 Å². The molecule has 1 aromatic carbocycles. The number of esters is 1. The molecule has 0 amide bonds. The molecule has 3 aromatic rings. The molecule has 0 aliphatic carbocycles. The van der Waals surface area contributed by atoms with Crippen LogP contribution in [0.3, 0.4) is 0 Å². The highest BCUT2D eigenvalue weighted by atomic mass is 16.5. The Morgan fingerprint density at radius 2 is 2.08 bits per heavy atom. The minimum Gasteiger partial charge on any atom is -0.453 e. The molecule has 6 nitrogen and oxygen atoms in total. The van der Waals surface area contributed by atoms with Crippen molar-refractivity contribution in [3.63, 3.8) is 0 Å². The van der Waals surface area contributed by atoms with E-state index in [1.807, 2.05) is 32.0 Å². The van der Waals surface area contributed by atoms with Crippen LogP contribution in [0.2, 0.25) is 0 Å². The van der Waals surface area contributed by atoms with Crippen LogP contribution < -0.4 is 0 Å². The van der Waals surface area contributed by atoms with Crippen molar-refractivity contribution < 1.29 is 14.3 Å². The van der Waals surface area contributed by atoms with Crippen molar-refractivity contribution in [2.75, 3.05) is 6.61 Å². The molecule has 2 heterocycles. The quantitative estimate of drug-likeness (QED) is 0.550. The van der Waals surface area contributed by atoms with Crippen molar-refractivity contribution >= 4 is 22.7 Å². The maximum atomic E-state index is 12.4. The number of aromatic amines is 1. The van der Waals surface area contributed by atoms with Crippen LogP contribution >= 0.6 is 0 Å². The van der Waals surface area contributed by atoms with Gasteiger partial charge in [0, 0.05) is 34.9 Å². The van der Waals surface area contributed by atoms with Crippen molar-refractivity contribution in [2.45, 2.75) is 33.2 Å². The van der Waals surface area contributed by atoms with Gasteiger partial charge in [-0.2, -0.15) is 5.10 Å². The van der Waals surface area contributed by atoms with Crippen molar-refractivity contribution in [3.8, 4) is 0 Å². The van der Waals surface area contributed by atoms with Gasteiger partial charge >= 0.3 is 5.97 Å². The van der Waals surface area contributed by atoms with Gasteiger partial charge in [0.25, 0.3) is 0 Å². The Kier molecular flexibility index (Phi) is 4.70. The number of ether oxygens (including phenoxy) is 1. The number of carbonyl (C=O) groups excluding carboxylic acids is 2. The lowest BCUT2D eigenvalue weighted by atomic mass is 10.1. The maximum absolute atomic E-state index is 12.4. The summed E-state index contributed by atoms with van der Waals surface area (Å²) in [5, 5.41) is 5.00. The fourth-order valence-corrected chi connectivity index (χ4v) is 2.76. The SMILES string of the molecule is CCc1cccc2c(C(=O)COC(=O)c3ccn(C(C)C)n3)c[nH]c12. The number of aryl methyl sites for hydroxylation is 1. The lowest BCUT2D eigenvalue weighted by molar-refractivity contribution is 0.0468. The third-order valence-corrected chi connectivity index (χ3v) is 4.16. The molecule has 0 spiro atoms. The fraction of sp³-hybridized carbons (Fsp3) is 0.316. The van der Waals surface area contributed by atoms with Gasteiger partial charge in [0.05, 0.1) is 0 Å². The first-order chi connectivity index (χ1) is 12.0. The fourth-order valence-electron chi connectivity index (χ4n) is 2.76. The number of hydrogen-bond acceptors (Lipinski definition) is 4. The lowest BCUT2D eigenvalue weighted by Crippen LogP contribution is -2.15. The maximum Gasteiger partial charge on any atom is 0.359 e. The van der Waals surface area contributed by atoms with E-state index in [2.05, 4.69) is 17.0 Å². The normalized spacial score (nSPS) is 11.2. The minimum absolute atomic E-state index is 0.155. The van der Waals surface area contributed by atoms with Gasteiger partial charge < -0.3 is 9.72 Å². The van der Waals surface area contributed by atoms with Crippen molar-refractivity contribution in [1.82, 2.24) is 14.8 Å². The first kappa shape index (κ1) is 17.0. The van der Waals surface area contributed by atoms with E-state index in [0.29, 0.717) is 5.56 Å². The molecule has 2 aromatic heterocycles. The van der Waals surface area contributed by atoms with Crippen molar-refractivity contribution in [1.29, 1.82) is 0 Å². The summed E-state index contributed by atoms with van der Waals surface area (Å²) in [6.45, 7) is 5.69. The van der Waals surface area contributed by atoms with E-state index in [4.69, 9.17) is 4.74 Å². The van der Waals surface area contributed by atoms with Crippen LogP contribution in [0, 0.1) is 0 Å². The molecule has 0 saturated carbocycles. The van der Waals surface area contributed by atoms with Crippen LogP contribution in [-0.2, 0) is 11.2 Å². The molecule has 0 aliphatic rings. The summed E-state index contributed by atoms with van der Waals surface area (Å²) < 4.78 is 6.81. The zero-order valence-electron chi connectivity index (χ0n) is 14.6. The standard InChI is InChI=1S/C19H21N3O3/c1-4-13-6-5-7-14-15(10-20-18(13)14)17(23)11-25-19(24)16-8-9-22(21-16)12(2)3/h5-10,12,20H,4,11H2,1-3H3. The molecule has 25 heavy (non-hydrogen) atoms. The molecule has 0 saturated heterocycles. The summed E-state index contributed by atoms with van der Waals surface area (Å²) in [5.74, 6) is -0.835. The number of benzene rings is 1. The summed E-state index contributed by atoms with van der Waals surface area (Å²) >= 11 is 0. The van der Waals surface area contributed by atoms with E-state index in [9.17, 15) is 9.59 Å². The van der Waals surface area contributed by atoms with E-state index in [1.165, 1.54) is 0 Å². The van der Waals surface area contributed by atoms with Crippen LogP contribution in [0.15, 0.2) is 36.7 Å². The Bertz CT molecular complexity index is 921. The molecule has 130 valence electrons. The first-order valence-corrected chi connectivity index (χ1v) is 8.35. The number of nitrogens with one attached hydrogen (secondary N) is 1. The average molecular weight is 339 g/mol. The number of H-pyrrole nitrogens is 1. The number of carbonyl (C=O) groups is 2. The summed E-state index contributed by atoms with van der Waals surface area (Å²) in [6.07, 6.45) is 4.27. The number of rotatable bonds is 6. The van der Waals surface area contributed by atoms with Gasteiger partial charge in [-0.05, 0) is 31.9 Å². The topological polar surface area (TPSA) is 77.0 Å². The molecule has 0 unspecified atom stereocenters. The summed E-state index contributed by atoms with van der Waals surface area (Å²) in [4.78, 5) is 27.7. The van der Waals surface area contributed by atoms with Crippen LogP contribution in [0.5, 0.6) is 0 Å². The van der Waals surface area contributed by atoms with Crippen LogP contribution in [0.4, 0.5) is 0 Å². The molecular formula is C19H21N3O3. The highest BCUT2D eigenvalue weighted by molar-refractivity contribution is 6.09. The minimum atomic E-state index is -0.596. The second-order valence-corrected chi connectivity index (χ2v) is 6.17. The zero-order chi connectivity index (χ0) is 18.0. The van der Waals surface area contributed by atoms with E-state index >= 15 is 0 Å². The first-order valence-electron chi connectivity index (χ1n) is 8.35. The number of fused-ring (bicyclic) bond motifs is 1. The molecule has 0 aliphatic heterocycles. The molecule has 3 rings (SSSR count). The van der Waals surface area contributed by atoms with Crippen LogP contribution in [-0.4, -0.2) is 33.1 Å². The number of ketones is 1. The number of aromatic nitrogens is 3. The predicted molar refractivity (Wildman–Crippen MR) is 94.9 cm³/mol. The molecule has 0 atom stereocenters. The second kappa shape index (κ2) is 6.93. The largest absolute Gasteiger partial charge is 0.453 e. The lowest BCUT2D eigenvalue weighted by Gasteiger charge is -2.04. The highest BCUT2D eigenvalue weighted by Crippen LogP contribution is 2.22. The van der Waals surface area contributed by atoms with Gasteiger partial charge in [-0.15, -0.1) is 0 Å². The number of nitrogens with zero attached hydrogens (tertiary/aromatic N) is 2. The predicted octanol–water partition coefficient (Wildman–Crippen LogP) is 3.55. The highest BCUT2D eigenvalue weighted by Gasteiger charge is 2.17. The number of hydrogen-bond donors (Lipinski definition) is 1. The van der Waals surface area contributed by atoms with E-state index in [0.717, 1.165) is 22.9 Å². The molecule has 1 N–H and O–H groups in total. The molecule has 6 heteroatoms. The number of Topliss-reactive ketones (excluding diaryl/α,β-unsaturated/α-hetero) is 1. The van der Waals surface area contributed by atoms with E-state index in [-0.39, 0.29) is 24.1 Å². The Morgan fingerprint density at radius 3 is 2.76 bits per heavy atom. The van der Waals surface area contributed by atoms with Crippen LogP contribution in [0.1, 0.15) is 53.2 Å². The number of para-hydroxylation sites is 1. The van der Waals surface area contributed by atoms with E-state index < -0.39 is 5.97 Å². The smallest absolute Gasteiger partial charge is 0.359 e. The third-order valence-electron chi connectivity index (χ3n) is 4.16. The zero-order valence-corrected chi connectivity index (χ0v) is 14.6. The van der Waals surface area contributed by atoms with Gasteiger partial charge in [0.15, 0.2) is 12.3 Å². The third kappa shape index (κ3) is 3.33. The molecule has 0 fully saturated rings. The van der Waals surface area contributed by atoms with Crippen molar-refractivity contribution in [2.24, 2.45) is 0 Å². The Hall–Kier alpha value is -2.89. The summed E-state index contributed by atoms with van der Waals surface area (Å²) in [7, 11) is 0. The molecule has 0 radical (unpaired) electrons. The Labute approximate surface area is 145 Å². The summed E-state index contributed by atoms with van der Waals surface area (Å²) in [5.41, 5.74) is 2.84. The van der Waals surface area contributed by atoms with Gasteiger partial charge in [-0.3, -0.25) is 9.48 Å². The Balaban J connectivity index is 1.71. The van der Waals surface area contributed by atoms with Crippen LogP contribution in [0.25, 0.3) is 10.9 Å². The van der Waals surface area contributed by atoms with Gasteiger partial charge in [-0.1, -0.05) is 25.1 Å². The monoisotopic (exact) mass is 339 g/mol. The average Bonchev–Trinajstić information content (AvgIpc) is 3.26.